The molecule has 1 aliphatic rings. The molecule has 1 aromatic carbocycles. The zero-order valence-electron chi connectivity index (χ0n) is 11.7. The summed E-state index contributed by atoms with van der Waals surface area (Å²) in [6.07, 6.45) is 2.37. The van der Waals surface area contributed by atoms with Gasteiger partial charge in [-0.1, -0.05) is 51.1 Å². The molecule has 0 saturated heterocycles. The van der Waals surface area contributed by atoms with E-state index in [1.165, 1.54) is 18.4 Å². The molecule has 0 N–H and O–H groups in total. The molecule has 0 aliphatic heterocycles. The van der Waals surface area contributed by atoms with Crippen LogP contribution in [0.25, 0.3) is 0 Å². The van der Waals surface area contributed by atoms with Gasteiger partial charge in [-0.05, 0) is 36.5 Å². The molecule has 2 heteroatoms. The summed E-state index contributed by atoms with van der Waals surface area (Å²) in [5, 5.41) is 0.289. The lowest BCUT2D eigenvalue weighted by molar-refractivity contribution is 0.159. The van der Waals surface area contributed by atoms with Crippen molar-refractivity contribution in [2.75, 3.05) is 0 Å². The van der Waals surface area contributed by atoms with Crippen LogP contribution in [0.5, 0.6) is 0 Å². The first-order valence-corrected chi connectivity index (χ1v) is 9.43. The van der Waals surface area contributed by atoms with E-state index >= 15 is 0 Å². The largest absolute Gasteiger partial charge is 0.407 e. The second-order valence-corrected chi connectivity index (χ2v) is 11.4. The molecule has 0 spiro atoms. The number of rotatable bonds is 3. The molecular weight excluding hydrogens is 224 g/mol. The lowest BCUT2D eigenvalue weighted by Gasteiger charge is -2.39. The Bertz CT molecular complexity index is 385. The SMILES string of the molecule is CC(C)(C)[Si](C)(C)OC1(c2ccccc2)CC1. The molecule has 94 valence electrons. The highest BCUT2D eigenvalue weighted by atomic mass is 28.4. The lowest BCUT2D eigenvalue weighted by Crippen LogP contribution is -2.44. The van der Waals surface area contributed by atoms with E-state index in [0.717, 1.165) is 0 Å². The normalized spacial score (nSPS) is 19.1. The molecule has 1 nitrogen and oxygen atoms in total. The van der Waals surface area contributed by atoms with E-state index in [9.17, 15) is 0 Å². The highest BCUT2D eigenvalue weighted by Gasteiger charge is 2.52. The van der Waals surface area contributed by atoms with E-state index in [4.69, 9.17) is 4.43 Å². The zero-order chi connectivity index (χ0) is 12.7. The van der Waals surface area contributed by atoms with Gasteiger partial charge in [0, 0.05) is 0 Å². The minimum Gasteiger partial charge on any atom is -0.407 e. The van der Waals surface area contributed by atoms with Gasteiger partial charge in [0.1, 0.15) is 0 Å². The predicted molar refractivity (Wildman–Crippen MR) is 75.6 cm³/mol. The van der Waals surface area contributed by atoms with E-state index in [-0.39, 0.29) is 10.6 Å². The van der Waals surface area contributed by atoms with E-state index in [0.29, 0.717) is 0 Å². The van der Waals surface area contributed by atoms with Gasteiger partial charge in [0.2, 0.25) is 0 Å². The fraction of sp³-hybridized carbons (Fsp3) is 0.600. The Kier molecular flexibility index (Phi) is 2.99. The van der Waals surface area contributed by atoms with Crippen LogP contribution in [-0.2, 0) is 10.0 Å². The van der Waals surface area contributed by atoms with Gasteiger partial charge < -0.3 is 4.43 Å². The van der Waals surface area contributed by atoms with Crippen molar-refractivity contribution in [2.45, 2.75) is 57.3 Å². The summed E-state index contributed by atoms with van der Waals surface area (Å²) in [4.78, 5) is 0. The molecule has 0 amide bonds. The first kappa shape index (κ1) is 12.8. The molecule has 0 aromatic heterocycles. The third kappa shape index (κ3) is 2.48. The fourth-order valence-corrected chi connectivity index (χ4v) is 3.55. The van der Waals surface area contributed by atoms with Gasteiger partial charge in [-0.3, -0.25) is 0 Å². The monoisotopic (exact) mass is 248 g/mol. The minimum atomic E-state index is -1.66. The van der Waals surface area contributed by atoms with Crippen LogP contribution in [0.3, 0.4) is 0 Å². The van der Waals surface area contributed by atoms with Gasteiger partial charge in [0.05, 0.1) is 5.60 Å². The van der Waals surface area contributed by atoms with Crippen LogP contribution in [0.1, 0.15) is 39.2 Å². The van der Waals surface area contributed by atoms with Crippen LogP contribution in [0.15, 0.2) is 30.3 Å². The third-order valence-corrected chi connectivity index (χ3v) is 8.77. The van der Waals surface area contributed by atoms with Crippen molar-refractivity contribution in [2.24, 2.45) is 0 Å². The number of hydrogen-bond donors (Lipinski definition) is 0. The second kappa shape index (κ2) is 3.96. The van der Waals surface area contributed by atoms with Crippen molar-refractivity contribution in [3.8, 4) is 0 Å². The first-order valence-electron chi connectivity index (χ1n) is 6.53. The molecule has 1 aromatic rings. The molecule has 0 heterocycles. The van der Waals surface area contributed by atoms with Crippen LogP contribution in [-0.4, -0.2) is 8.32 Å². The molecule has 0 atom stereocenters. The maximum Gasteiger partial charge on any atom is 0.193 e. The van der Waals surface area contributed by atoms with Crippen molar-refractivity contribution in [1.29, 1.82) is 0 Å². The predicted octanol–water partition coefficient (Wildman–Crippen LogP) is 4.70. The standard InChI is InChI=1S/C15H24OSi/c1-14(2,3)17(4,5)16-15(11-12-15)13-9-7-6-8-10-13/h6-10H,11-12H2,1-5H3. The van der Waals surface area contributed by atoms with Gasteiger partial charge in [-0.2, -0.15) is 0 Å². The molecule has 0 radical (unpaired) electrons. The van der Waals surface area contributed by atoms with Crippen LogP contribution in [0.2, 0.25) is 18.1 Å². The maximum absolute atomic E-state index is 6.63. The average molecular weight is 248 g/mol. The molecule has 1 fully saturated rings. The van der Waals surface area contributed by atoms with Crippen LogP contribution >= 0.6 is 0 Å². The van der Waals surface area contributed by atoms with E-state index in [1.54, 1.807) is 0 Å². The van der Waals surface area contributed by atoms with E-state index in [1.807, 2.05) is 0 Å². The quantitative estimate of drug-likeness (QED) is 0.705. The number of benzene rings is 1. The second-order valence-electron chi connectivity index (χ2n) is 6.72. The lowest BCUT2D eigenvalue weighted by atomic mass is 10.1. The Labute approximate surface area is 106 Å². The molecule has 1 aliphatic carbocycles. The van der Waals surface area contributed by atoms with Crippen molar-refractivity contribution in [3.05, 3.63) is 35.9 Å². The van der Waals surface area contributed by atoms with Crippen molar-refractivity contribution < 1.29 is 4.43 Å². The number of hydrogen-bond acceptors (Lipinski definition) is 1. The Hall–Kier alpha value is -0.603. The van der Waals surface area contributed by atoms with E-state index < -0.39 is 8.32 Å². The van der Waals surface area contributed by atoms with Crippen molar-refractivity contribution in [1.82, 2.24) is 0 Å². The Balaban J connectivity index is 2.20. The summed E-state index contributed by atoms with van der Waals surface area (Å²) in [6.45, 7) is 11.6. The van der Waals surface area contributed by atoms with Gasteiger partial charge in [-0.15, -0.1) is 0 Å². The average Bonchev–Trinajstić information content (AvgIpc) is 2.98. The maximum atomic E-state index is 6.63. The molecule has 0 unspecified atom stereocenters. The summed E-state index contributed by atoms with van der Waals surface area (Å²) in [5.74, 6) is 0. The third-order valence-electron chi connectivity index (χ3n) is 4.26. The van der Waals surface area contributed by atoms with Gasteiger partial charge in [0.15, 0.2) is 8.32 Å². The van der Waals surface area contributed by atoms with E-state index in [2.05, 4.69) is 64.2 Å². The summed E-state index contributed by atoms with van der Waals surface area (Å²) in [5.41, 5.74) is 1.41. The van der Waals surface area contributed by atoms with Gasteiger partial charge >= 0.3 is 0 Å². The molecular formula is C15H24OSi. The van der Waals surface area contributed by atoms with Crippen LogP contribution in [0, 0.1) is 0 Å². The topological polar surface area (TPSA) is 9.23 Å². The highest BCUT2D eigenvalue weighted by molar-refractivity contribution is 6.74. The van der Waals surface area contributed by atoms with Gasteiger partial charge in [-0.25, -0.2) is 0 Å². The summed E-state index contributed by atoms with van der Waals surface area (Å²) in [6, 6.07) is 10.7. The van der Waals surface area contributed by atoms with Crippen LogP contribution in [0.4, 0.5) is 0 Å². The zero-order valence-corrected chi connectivity index (χ0v) is 12.7. The fourth-order valence-electron chi connectivity index (χ4n) is 1.95. The summed E-state index contributed by atoms with van der Waals surface area (Å²) < 4.78 is 6.63. The molecule has 0 bridgehead atoms. The Morgan fingerprint density at radius 3 is 2.00 bits per heavy atom. The highest BCUT2D eigenvalue weighted by Crippen LogP contribution is 2.53. The Morgan fingerprint density at radius 1 is 1.06 bits per heavy atom. The van der Waals surface area contributed by atoms with Crippen LogP contribution < -0.4 is 0 Å². The summed E-state index contributed by atoms with van der Waals surface area (Å²) >= 11 is 0. The molecule has 17 heavy (non-hydrogen) atoms. The van der Waals surface area contributed by atoms with Crippen molar-refractivity contribution in [3.63, 3.8) is 0 Å². The van der Waals surface area contributed by atoms with Gasteiger partial charge in [0.25, 0.3) is 0 Å². The first-order chi connectivity index (χ1) is 7.77. The summed E-state index contributed by atoms with van der Waals surface area (Å²) in [7, 11) is -1.66. The Morgan fingerprint density at radius 2 is 1.59 bits per heavy atom. The minimum absolute atomic E-state index is 0.0459. The van der Waals surface area contributed by atoms with Crippen molar-refractivity contribution >= 4 is 8.32 Å². The molecule has 2 rings (SSSR count). The molecule has 1 saturated carbocycles. The smallest absolute Gasteiger partial charge is 0.193 e.